The van der Waals surface area contributed by atoms with E-state index in [9.17, 15) is 9.90 Å². The molecule has 1 fully saturated rings. The first-order valence-electron chi connectivity index (χ1n) is 12.6. The number of aromatic nitrogens is 5. The van der Waals surface area contributed by atoms with Crippen molar-refractivity contribution >= 4 is 28.4 Å². The molecule has 11 nitrogen and oxygen atoms in total. The third-order valence-corrected chi connectivity index (χ3v) is 7.12. The molecule has 0 bridgehead atoms. The minimum absolute atomic E-state index is 0.120. The third kappa shape index (κ3) is 4.19. The van der Waals surface area contributed by atoms with Gasteiger partial charge in [-0.2, -0.15) is 4.98 Å². The topological polar surface area (TPSA) is 114 Å². The first-order chi connectivity index (χ1) is 18.3. The van der Waals surface area contributed by atoms with Crippen LogP contribution in [0.1, 0.15) is 12.5 Å². The molecule has 4 aromatic rings. The summed E-state index contributed by atoms with van der Waals surface area (Å²) in [7, 11) is 2.14. The molecule has 38 heavy (non-hydrogen) atoms. The van der Waals surface area contributed by atoms with E-state index in [1.165, 1.54) is 16.6 Å². The Hall–Kier alpha value is -4.22. The summed E-state index contributed by atoms with van der Waals surface area (Å²) < 4.78 is 8.72. The lowest BCUT2D eigenvalue weighted by Crippen LogP contribution is -2.44. The second kappa shape index (κ2) is 9.26. The maximum absolute atomic E-state index is 13.2. The van der Waals surface area contributed by atoms with Gasteiger partial charge in [-0.3, -0.25) is 4.79 Å². The SMILES string of the molecule is C=CCn1c(=O)c2cnc(Nc3ccc(N4CCN(C)CC4)cc3)nc2n1-c1cnc2c(c1)[C@](C)(O)CO2. The van der Waals surface area contributed by atoms with Gasteiger partial charge >= 0.3 is 0 Å². The number of hydrogen-bond acceptors (Lipinski definition) is 9. The number of anilines is 3. The molecule has 2 aliphatic rings. The van der Waals surface area contributed by atoms with E-state index in [2.05, 4.69) is 50.8 Å². The van der Waals surface area contributed by atoms with Gasteiger partial charge in [-0.1, -0.05) is 6.08 Å². The van der Waals surface area contributed by atoms with Crippen LogP contribution in [0.4, 0.5) is 17.3 Å². The van der Waals surface area contributed by atoms with Crippen LogP contribution in [-0.4, -0.2) is 74.2 Å². The molecule has 6 rings (SSSR count). The molecular weight excluding hydrogens is 484 g/mol. The van der Waals surface area contributed by atoms with Gasteiger partial charge in [0.1, 0.15) is 17.6 Å². The number of hydrogen-bond donors (Lipinski definition) is 2. The van der Waals surface area contributed by atoms with Gasteiger partial charge in [0.2, 0.25) is 11.8 Å². The van der Waals surface area contributed by atoms with Gasteiger partial charge in [0.05, 0.1) is 24.0 Å². The predicted molar refractivity (Wildman–Crippen MR) is 146 cm³/mol. The monoisotopic (exact) mass is 514 g/mol. The Morgan fingerprint density at radius 3 is 2.63 bits per heavy atom. The molecule has 0 aliphatic carbocycles. The van der Waals surface area contributed by atoms with Crippen LogP contribution < -0.4 is 20.5 Å². The Morgan fingerprint density at radius 1 is 1.13 bits per heavy atom. The highest BCUT2D eigenvalue weighted by Crippen LogP contribution is 2.36. The molecule has 1 aromatic carbocycles. The quantitative estimate of drug-likeness (QED) is 0.374. The second-order valence-corrected chi connectivity index (χ2v) is 9.99. The maximum atomic E-state index is 13.2. The third-order valence-electron chi connectivity index (χ3n) is 7.12. The number of fused-ring (bicyclic) bond motifs is 2. The molecule has 3 aromatic heterocycles. The highest BCUT2D eigenvalue weighted by atomic mass is 16.5. The summed E-state index contributed by atoms with van der Waals surface area (Å²) >= 11 is 0. The van der Waals surface area contributed by atoms with E-state index in [-0.39, 0.29) is 18.7 Å². The number of aliphatic hydroxyl groups is 1. The van der Waals surface area contributed by atoms with Crippen LogP contribution in [0.2, 0.25) is 0 Å². The van der Waals surface area contributed by atoms with Crippen molar-refractivity contribution in [1.82, 2.24) is 29.2 Å². The highest BCUT2D eigenvalue weighted by molar-refractivity contribution is 5.77. The fraction of sp³-hybridized carbons (Fsp3) is 0.333. The van der Waals surface area contributed by atoms with Crippen molar-refractivity contribution in [3.63, 3.8) is 0 Å². The number of nitrogens with one attached hydrogen (secondary N) is 1. The van der Waals surface area contributed by atoms with E-state index in [1.54, 1.807) is 29.9 Å². The number of nitrogens with zero attached hydrogens (tertiary/aromatic N) is 7. The van der Waals surface area contributed by atoms with Crippen molar-refractivity contribution < 1.29 is 9.84 Å². The Bertz CT molecular complexity index is 1570. The smallest absolute Gasteiger partial charge is 0.278 e. The molecule has 0 amide bonds. The van der Waals surface area contributed by atoms with Crippen molar-refractivity contribution in [2.24, 2.45) is 0 Å². The average molecular weight is 515 g/mol. The van der Waals surface area contributed by atoms with Crippen LogP contribution in [0, 0.1) is 0 Å². The number of rotatable bonds is 6. The molecule has 11 heteroatoms. The number of likely N-dealkylation sites (N-methyl/N-ethyl adjacent to an activating group) is 1. The highest BCUT2D eigenvalue weighted by Gasteiger charge is 2.36. The number of allylic oxidation sites excluding steroid dienone is 1. The van der Waals surface area contributed by atoms with Gasteiger partial charge in [-0.15, -0.1) is 6.58 Å². The Labute approximate surface area is 219 Å². The number of pyridine rings is 1. The lowest BCUT2D eigenvalue weighted by molar-refractivity contribution is 0.0346. The molecule has 0 unspecified atom stereocenters. The lowest BCUT2D eigenvalue weighted by Gasteiger charge is -2.34. The normalized spacial score (nSPS) is 19.4. The molecule has 2 N–H and O–H groups in total. The Morgan fingerprint density at radius 2 is 1.89 bits per heavy atom. The maximum Gasteiger partial charge on any atom is 0.278 e. The second-order valence-electron chi connectivity index (χ2n) is 9.99. The van der Waals surface area contributed by atoms with Crippen molar-refractivity contribution in [2.45, 2.75) is 19.1 Å². The van der Waals surface area contributed by atoms with Crippen LogP contribution in [0.25, 0.3) is 16.7 Å². The van der Waals surface area contributed by atoms with Gasteiger partial charge in [0, 0.05) is 43.8 Å². The summed E-state index contributed by atoms with van der Waals surface area (Å²) in [5, 5.41) is 14.4. The molecule has 196 valence electrons. The molecule has 1 saturated heterocycles. The lowest BCUT2D eigenvalue weighted by atomic mass is 10.0. The summed E-state index contributed by atoms with van der Waals surface area (Å²) in [4.78, 5) is 31.4. The van der Waals surface area contributed by atoms with Gasteiger partial charge < -0.3 is 25.0 Å². The molecule has 5 heterocycles. The molecule has 2 aliphatic heterocycles. The van der Waals surface area contributed by atoms with E-state index in [0.717, 1.165) is 31.9 Å². The van der Waals surface area contributed by atoms with Crippen molar-refractivity contribution in [3.8, 4) is 11.6 Å². The minimum Gasteiger partial charge on any atom is -0.474 e. The van der Waals surface area contributed by atoms with Crippen molar-refractivity contribution in [2.75, 3.05) is 50.1 Å². The van der Waals surface area contributed by atoms with Crippen LogP contribution in [0.15, 0.2) is 60.2 Å². The number of piperazine rings is 1. The van der Waals surface area contributed by atoms with Crippen LogP contribution >= 0.6 is 0 Å². The molecule has 0 spiro atoms. The zero-order valence-electron chi connectivity index (χ0n) is 21.5. The zero-order chi connectivity index (χ0) is 26.4. The van der Waals surface area contributed by atoms with E-state index < -0.39 is 5.60 Å². The first-order valence-corrected chi connectivity index (χ1v) is 12.6. The minimum atomic E-state index is -1.18. The van der Waals surface area contributed by atoms with Crippen molar-refractivity contribution in [3.05, 3.63) is 71.3 Å². The summed E-state index contributed by atoms with van der Waals surface area (Å²) in [6.07, 6.45) is 4.78. The van der Waals surface area contributed by atoms with Gasteiger partial charge in [-0.25, -0.2) is 19.3 Å². The molecule has 0 radical (unpaired) electrons. The summed E-state index contributed by atoms with van der Waals surface area (Å²) in [5.74, 6) is 0.739. The summed E-state index contributed by atoms with van der Waals surface area (Å²) in [6, 6.07) is 9.97. The van der Waals surface area contributed by atoms with E-state index >= 15 is 0 Å². The van der Waals surface area contributed by atoms with Crippen LogP contribution in [-0.2, 0) is 12.1 Å². The van der Waals surface area contributed by atoms with Crippen molar-refractivity contribution in [1.29, 1.82) is 0 Å². The fourth-order valence-corrected chi connectivity index (χ4v) is 4.93. The van der Waals surface area contributed by atoms with E-state index in [1.807, 2.05) is 12.1 Å². The van der Waals surface area contributed by atoms with Gasteiger partial charge in [0.25, 0.3) is 5.56 Å². The Balaban J connectivity index is 1.36. The predicted octanol–water partition coefficient (Wildman–Crippen LogP) is 2.26. The number of benzene rings is 1. The van der Waals surface area contributed by atoms with Crippen LogP contribution in [0.5, 0.6) is 5.88 Å². The van der Waals surface area contributed by atoms with E-state index in [0.29, 0.717) is 34.1 Å². The molecular formula is C27H30N8O3. The molecule has 1 atom stereocenters. The van der Waals surface area contributed by atoms with Gasteiger partial charge in [-0.05, 0) is 44.3 Å². The Kier molecular flexibility index (Phi) is 5.88. The first kappa shape index (κ1) is 24.1. The zero-order valence-corrected chi connectivity index (χ0v) is 21.5. The number of ether oxygens (including phenoxy) is 1. The average Bonchev–Trinajstić information content (AvgIpc) is 3.37. The standard InChI is InChI=1S/C27H30N8O3/c1-4-9-34-25(36)21-16-29-26(30-18-5-7-19(8-6-18)33-12-10-32(3)11-13-33)31-23(21)35(34)20-14-22-24(28-15-20)38-17-27(22,2)37/h4-8,14-16,37H,1,9-13,17H2,2-3H3,(H,29,30,31)/t27-/m1/s1. The molecule has 0 saturated carbocycles. The summed E-state index contributed by atoms with van der Waals surface area (Å²) in [6.45, 7) is 9.95. The van der Waals surface area contributed by atoms with E-state index in [4.69, 9.17) is 9.72 Å². The summed E-state index contributed by atoms with van der Waals surface area (Å²) in [5.41, 5.74) is 2.15. The van der Waals surface area contributed by atoms with Crippen LogP contribution in [0.3, 0.4) is 0 Å². The fourth-order valence-electron chi connectivity index (χ4n) is 4.93. The van der Waals surface area contributed by atoms with Gasteiger partial charge in [0.15, 0.2) is 5.65 Å². The largest absolute Gasteiger partial charge is 0.474 e.